The molecule has 1 aromatic heterocycles. The quantitative estimate of drug-likeness (QED) is 0.581. The summed E-state index contributed by atoms with van der Waals surface area (Å²) in [7, 11) is -1.73. The van der Waals surface area contributed by atoms with Gasteiger partial charge in [0.1, 0.15) is 4.21 Å². The van der Waals surface area contributed by atoms with E-state index in [4.69, 9.17) is 9.88 Å². The van der Waals surface area contributed by atoms with E-state index in [-0.39, 0.29) is 22.5 Å². The maximum atomic E-state index is 13.0. The van der Waals surface area contributed by atoms with E-state index in [1.54, 1.807) is 32.4 Å². The summed E-state index contributed by atoms with van der Waals surface area (Å²) in [5.74, 6) is -0.119. The number of methoxy groups -OCH3 is 1. The number of amides is 1. The Bertz CT molecular complexity index is 1030. The summed E-state index contributed by atoms with van der Waals surface area (Å²) in [5.41, 5.74) is 3.60. The van der Waals surface area contributed by atoms with Crippen molar-refractivity contribution in [3.8, 4) is 0 Å². The number of nitrogens with two attached hydrogens (primary N) is 1. The number of carbonyl (C=O) groups excluding carboxylic acids is 1. The molecule has 3 N–H and O–H groups in total. The molecule has 1 amide bonds. The van der Waals surface area contributed by atoms with Crippen LogP contribution in [0.15, 0.2) is 32.2 Å². The van der Waals surface area contributed by atoms with Crippen LogP contribution in [0.1, 0.15) is 81.2 Å². The van der Waals surface area contributed by atoms with Gasteiger partial charge in [0.25, 0.3) is 5.91 Å². The highest BCUT2D eigenvalue weighted by Gasteiger charge is 2.23. The minimum Gasteiger partial charge on any atom is -0.386 e. The summed E-state index contributed by atoms with van der Waals surface area (Å²) in [6.07, 6.45) is 0.0339. The van der Waals surface area contributed by atoms with Gasteiger partial charge >= 0.3 is 0 Å². The molecule has 0 saturated heterocycles. The van der Waals surface area contributed by atoms with Crippen LogP contribution in [0.2, 0.25) is 0 Å². The minimum absolute atomic E-state index is 0.0339. The maximum absolute atomic E-state index is 13.0. The van der Waals surface area contributed by atoms with E-state index in [2.05, 4.69) is 44.2 Å². The Morgan fingerprint density at radius 2 is 1.74 bits per heavy atom. The Labute approximate surface area is 190 Å². The standard InChI is InChI=1S/C23H34N2O4S2/c1-14(2)18-8-16(12-29-7)9-19(15(3)4)20(18)11-21(26)25-31(24,28)22-10-17(13-30-22)23(5,6)27/h8-10,13-15,27H,11-12H2,1-7H3,(H2,24,25,26,28). The van der Waals surface area contributed by atoms with Crippen molar-refractivity contribution in [2.75, 3.05) is 7.11 Å². The Hall–Kier alpha value is -1.58. The van der Waals surface area contributed by atoms with Crippen LogP contribution in [-0.4, -0.2) is 22.3 Å². The van der Waals surface area contributed by atoms with Crippen molar-refractivity contribution < 1.29 is 18.8 Å². The molecule has 1 unspecified atom stereocenters. The van der Waals surface area contributed by atoms with Crippen LogP contribution in [-0.2, 0) is 38.1 Å². The molecule has 31 heavy (non-hydrogen) atoms. The molecular formula is C23H34N2O4S2. The summed E-state index contributed by atoms with van der Waals surface area (Å²) >= 11 is 1.13. The molecule has 0 saturated carbocycles. The van der Waals surface area contributed by atoms with Gasteiger partial charge in [-0.3, -0.25) is 4.79 Å². The Morgan fingerprint density at radius 3 is 2.16 bits per heavy atom. The first-order valence-electron chi connectivity index (χ1n) is 10.3. The zero-order valence-electron chi connectivity index (χ0n) is 19.4. The fourth-order valence-corrected chi connectivity index (χ4v) is 5.79. The van der Waals surface area contributed by atoms with E-state index in [9.17, 15) is 14.1 Å². The predicted molar refractivity (Wildman–Crippen MR) is 127 cm³/mol. The normalized spacial score (nSPS) is 14.2. The maximum Gasteiger partial charge on any atom is 0.259 e. The van der Waals surface area contributed by atoms with Crippen LogP contribution in [0.5, 0.6) is 0 Å². The van der Waals surface area contributed by atoms with Gasteiger partial charge in [0.2, 0.25) is 0 Å². The van der Waals surface area contributed by atoms with Crippen molar-refractivity contribution in [1.82, 2.24) is 0 Å². The van der Waals surface area contributed by atoms with Crippen LogP contribution in [0.3, 0.4) is 0 Å². The number of nitrogens with zero attached hydrogens (tertiary/aromatic N) is 1. The van der Waals surface area contributed by atoms with E-state index in [1.165, 1.54) is 0 Å². The van der Waals surface area contributed by atoms with Gasteiger partial charge in [-0.2, -0.15) is 0 Å². The SMILES string of the molecule is COCc1cc(C(C)C)c(CC(=O)N=S(N)(=O)c2cc(C(C)(C)O)cs2)c(C(C)C)c1. The second kappa shape index (κ2) is 9.92. The van der Waals surface area contributed by atoms with Crippen molar-refractivity contribution in [1.29, 1.82) is 0 Å². The van der Waals surface area contributed by atoms with Gasteiger partial charge in [-0.05, 0) is 64.9 Å². The third kappa shape index (κ3) is 6.46. The molecule has 0 bridgehead atoms. The molecule has 1 atom stereocenters. The Balaban J connectivity index is 2.46. The first-order chi connectivity index (χ1) is 14.3. The van der Waals surface area contributed by atoms with Gasteiger partial charge in [-0.25, -0.2) is 9.35 Å². The van der Waals surface area contributed by atoms with Gasteiger partial charge in [-0.15, -0.1) is 15.7 Å². The van der Waals surface area contributed by atoms with E-state index >= 15 is 0 Å². The van der Waals surface area contributed by atoms with Gasteiger partial charge in [0.05, 0.1) is 18.6 Å². The van der Waals surface area contributed by atoms with Crippen molar-refractivity contribution >= 4 is 27.2 Å². The lowest BCUT2D eigenvalue weighted by Crippen LogP contribution is -2.17. The third-order valence-electron chi connectivity index (χ3n) is 5.07. The number of hydrogen-bond acceptors (Lipinski definition) is 5. The number of aliphatic hydroxyl groups is 1. The summed E-state index contributed by atoms with van der Waals surface area (Å²) in [4.78, 5) is 12.9. The molecule has 0 fully saturated rings. The molecule has 0 aliphatic heterocycles. The molecule has 172 valence electrons. The average molecular weight is 467 g/mol. The van der Waals surface area contributed by atoms with Crippen LogP contribution in [0.4, 0.5) is 0 Å². The van der Waals surface area contributed by atoms with Crippen LogP contribution < -0.4 is 5.14 Å². The number of carbonyl (C=O) groups is 1. The first-order valence-corrected chi connectivity index (χ1v) is 12.8. The van der Waals surface area contributed by atoms with Crippen molar-refractivity contribution in [2.45, 2.75) is 76.2 Å². The van der Waals surface area contributed by atoms with Crippen LogP contribution in [0, 0.1) is 0 Å². The lowest BCUT2D eigenvalue weighted by atomic mass is 9.85. The lowest BCUT2D eigenvalue weighted by molar-refractivity contribution is -0.117. The molecular weight excluding hydrogens is 432 g/mol. The topological polar surface area (TPSA) is 102 Å². The number of benzene rings is 1. The summed E-state index contributed by atoms with van der Waals surface area (Å²) < 4.78 is 22.5. The second-order valence-corrected chi connectivity index (χ2v) is 11.9. The van der Waals surface area contributed by atoms with Gasteiger partial charge in [-0.1, -0.05) is 39.8 Å². The highest BCUT2D eigenvalue weighted by molar-refractivity contribution is 7.93. The van der Waals surface area contributed by atoms with Crippen LogP contribution >= 0.6 is 11.3 Å². The molecule has 1 heterocycles. The molecule has 0 spiro atoms. The molecule has 0 radical (unpaired) electrons. The highest BCUT2D eigenvalue weighted by atomic mass is 32.2. The Morgan fingerprint density at radius 1 is 1.19 bits per heavy atom. The largest absolute Gasteiger partial charge is 0.386 e. The zero-order chi connectivity index (χ0) is 23.6. The fraction of sp³-hybridized carbons (Fsp3) is 0.522. The second-order valence-electron chi connectivity index (χ2n) is 8.94. The van der Waals surface area contributed by atoms with Crippen molar-refractivity contribution in [3.05, 3.63) is 51.4 Å². The first kappa shape index (κ1) is 25.7. The predicted octanol–water partition coefficient (Wildman–Crippen LogP) is 4.84. The van der Waals surface area contributed by atoms with Crippen LogP contribution in [0.25, 0.3) is 0 Å². The van der Waals surface area contributed by atoms with E-state index in [0.29, 0.717) is 12.2 Å². The molecule has 6 nitrogen and oxygen atoms in total. The van der Waals surface area contributed by atoms with E-state index in [1.807, 2.05) is 0 Å². The Kier molecular flexibility index (Phi) is 8.21. The molecule has 0 aliphatic rings. The highest BCUT2D eigenvalue weighted by Crippen LogP contribution is 2.31. The monoisotopic (exact) mass is 466 g/mol. The van der Waals surface area contributed by atoms with Gasteiger partial charge in [0.15, 0.2) is 9.92 Å². The molecule has 2 rings (SSSR count). The lowest BCUT2D eigenvalue weighted by Gasteiger charge is -2.21. The number of ether oxygens (including phenoxy) is 1. The fourth-order valence-electron chi connectivity index (χ4n) is 3.44. The average Bonchev–Trinajstić information content (AvgIpc) is 3.13. The number of rotatable bonds is 8. The summed E-state index contributed by atoms with van der Waals surface area (Å²) in [6, 6.07) is 5.69. The van der Waals surface area contributed by atoms with Crippen molar-refractivity contribution in [3.63, 3.8) is 0 Å². The molecule has 1 aromatic carbocycles. The van der Waals surface area contributed by atoms with E-state index in [0.717, 1.165) is 33.6 Å². The smallest absolute Gasteiger partial charge is 0.259 e. The summed E-state index contributed by atoms with van der Waals surface area (Å²) in [5, 5.41) is 17.8. The van der Waals surface area contributed by atoms with E-state index < -0.39 is 21.4 Å². The molecule has 8 heteroatoms. The number of thiophene rings is 1. The molecule has 0 aliphatic carbocycles. The van der Waals surface area contributed by atoms with Gasteiger partial charge < -0.3 is 9.84 Å². The number of hydrogen-bond donors (Lipinski definition) is 2. The minimum atomic E-state index is -3.39. The zero-order valence-corrected chi connectivity index (χ0v) is 21.0. The van der Waals surface area contributed by atoms with Crippen molar-refractivity contribution in [2.24, 2.45) is 9.50 Å². The summed E-state index contributed by atoms with van der Waals surface area (Å²) in [6.45, 7) is 12.1. The van der Waals surface area contributed by atoms with Gasteiger partial charge in [0, 0.05) is 7.11 Å². The molecule has 2 aromatic rings. The third-order valence-corrected chi connectivity index (χ3v) is 7.97.